The molecule has 0 aromatic heterocycles. The summed E-state index contributed by atoms with van der Waals surface area (Å²) in [7, 11) is 0. The van der Waals surface area contributed by atoms with Crippen LogP contribution in [0, 0.1) is 10.1 Å². The van der Waals surface area contributed by atoms with Crippen LogP contribution in [-0.4, -0.2) is 10.8 Å². The van der Waals surface area contributed by atoms with Gasteiger partial charge in [0.1, 0.15) is 5.75 Å². The summed E-state index contributed by atoms with van der Waals surface area (Å²) in [6.45, 7) is 0. The first-order chi connectivity index (χ1) is 14.1. The van der Waals surface area contributed by atoms with Crippen molar-refractivity contribution < 1.29 is 27.6 Å². The lowest BCUT2D eigenvalue weighted by Crippen LogP contribution is -2.11. The summed E-state index contributed by atoms with van der Waals surface area (Å²) in [5, 5.41) is 14.2. The van der Waals surface area contributed by atoms with E-state index in [1.54, 1.807) is 24.3 Å². The molecule has 0 radical (unpaired) electrons. The van der Waals surface area contributed by atoms with E-state index in [1.165, 1.54) is 24.3 Å². The van der Waals surface area contributed by atoms with Crippen LogP contribution in [0.1, 0.15) is 15.9 Å². The third-order valence-electron chi connectivity index (χ3n) is 3.91. The molecule has 0 fully saturated rings. The Balaban J connectivity index is 1.77. The number of nitro groups is 1. The van der Waals surface area contributed by atoms with Gasteiger partial charge in [-0.3, -0.25) is 14.9 Å². The monoisotopic (exact) mass is 436 g/mol. The fourth-order valence-corrected chi connectivity index (χ4v) is 2.68. The number of alkyl halides is 3. The average molecular weight is 437 g/mol. The molecule has 0 spiro atoms. The number of benzene rings is 3. The second-order valence-corrected chi connectivity index (χ2v) is 6.46. The predicted octanol–water partition coefficient (Wildman–Crippen LogP) is 6.31. The lowest BCUT2D eigenvalue weighted by molar-refractivity contribution is -0.385. The molecule has 1 amide bonds. The van der Waals surface area contributed by atoms with Gasteiger partial charge in [-0.25, -0.2) is 0 Å². The fraction of sp³-hybridized carbons (Fsp3) is 0.0500. The summed E-state index contributed by atoms with van der Waals surface area (Å²) < 4.78 is 43.7. The lowest BCUT2D eigenvalue weighted by atomic mass is 10.1. The molecule has 0 saturated carbocycles. The lowest BCUT2D eigenvalue weighted by Gasteiger charge is -2.10. The highest BCUT2D eigenvalue weighted by molar-refractivity contribution is 6.30. The molecule has 10 heteroatoms. The second kappa shape index (κ2) is 8.42. The summed E-state index contributed by atoms with van der Waals surface area (Å²) in [4.78, 5) is 22.4. The number of nitrogens with zero attached hydrogens (tertiary/aromatic N) is 1. The van der Waals surface area contributed by atoms with E-state index in [9.17, 15) is 28.1 Å². The number of ether oxygens (including phenoxy) is 1. The van der Waals surface area contributed by atoms with Crippen LogP contribution in [0.15, 0.2) is 66.7 Å². The van der Waals surface area contributed by atoms with Crippen LogP contribution >= 0.6 is 11.6 Å². The van der Waals surface area contributed by atoms with Crippen molar-refractivity contribution in [3.63, 3.8) is 0 Å². The molecule has 0 aliphatic carbocycles. The van der Waals surface area contributed by atoms with Crippen molar-refractivity contribution in [1.29, 1.82) is 0 Å². The average Bonchev–Trinajstić information content (AvgIpc) is 2.68. The maximum absolute atomic E-state index is 12.8. The molecule has 3 aromatic rings. The zero-order valence-corrected chi connectivity index (χ0v) is 15.7. The van der Waals surface area contributed by atoms with E-state index in [2.05, 4.69) is 5.32 Å². The minimum Gasteiger partial charge on any atom is -0.450 e. The van der Waals surface area contributed by atoms with E-state index in [-0.39, 0.29) is 17.1 Å². The molecule has 0 atom stereocenters. The molecule has 1 N–H and O–H groups in total. The predicted molar refractivity (Wildman–Crippen MR) is 104 cm³/mol. The maximum Gasteiger partial charge on any atom is 0.416 e. The van der Waals surface area contributed by atoms with E-state index in [4.69, 9.17) is 16.3 Å². The Morgan fingerprint density at radius 3 is 2.33 bits per heavy atom. The Morgan fingerprint density at radius 2 is 1.73 bits per heavy atom. The smallest absolute Gasteiger partial charge is 0.416 e. The van der Waals surface area contributed by atoms with Crippen molar-refractivity contribution in [1.82, 2.24) is 0 Å². The number of carbonyl (C=O) groups excluding carboxylic acids is 1. The van der Waals surface area contributed by atoms with E-state index < -0.39 is 28.3 Å². The van der Waals surface area contributed by atoms with Crippen molar-refractivity contribution >= 4 is 28.9 Å². The Morgan fingerprint density at radius 1 is 1.03 bits per heavy atom. The van der Waals surface area contributed by atoms with Crippen molar-refractivity contribution in [2.24, 2.45) is 0 Å². The molecule has 0 heterocycles. The number of nitro benzene ring substituents is 1. The number of halogens is 4. The highest BCUT2D eigenvalue weighted by atomic mass is 35.5. The summed E-state index contributed by atoms with van der Waals surface area (Å²) in [6, 6.07) is 14.1. The highest BCUT2D eigenvalue weighted by Crippen LogP contribution is 2.37. The van der Waals surface area contributed by atoms with Gasteiger partial charge in [0.25, 0.3) is 5.91 Å². The van der Waals surface area contributed by atoms with Gasteiger partial charge in [0.05, 0.1) is 10.5 Å². The Hall–Kier alpha value is -3.59. The van der Waals surface area contributed by atoms with Crippen LogP contribution in [0.3, 0.4) is 0 Å². The molecule has 0 bridgehead atoms. The van der Waals surface area contributed by atoms with Crippen LogP contribution < -0.4 is 10.1 Å². The zero-order chi connectivity index (χ0) is 21.9. The molecule has 30 heavy (non-hydrogen) atoms. The van der Waals surface area contributed by atoms with Gasteiger partial charge in [-0.15, -0.1) is 0 Å². The van der Waals surface area contributed by atoms with Crippen LogP contribution in [0.2, 0.25) is 5.02 Å². The van der Waals surface area contributed by atoms with E-state index >= 15 is 0 Å². The van der Waals surface area contributed by atoms with Crippen LogP contribution in [0.5, 0.6) is 11.5 Å². The summed E-state index contributed by atoms with van der Waals surface area (Å²) in [5.41, 5.74) is -1.22. The summed E-state index contributed by atoms with van der Waals surface area (Å²) >= 11 is 5.86. The third-order valence-corrected chi connectivity index (χ3v) is 4.14. The van der Waals surface area contributed by atoms with Gasteiger partial charge < -0.3 is 10.1 Å². The maximum atomic E-state index is 12.8. The standard InChI is InChI=1S/C20H12ClF3N2O4/c21-14-2-1-3-15(11-14)25-19(27)12-4-7-16(8-5-12)30-18-9-6-13(20(22,23)24)10-17(18)26(28)29/h1-11H,(H,25,27). The molecular weight excluding hydrogens is 425 g/mol. The van der Waals surface area contributed by atoms with Gasteiger partial charge in [-0.05, 0) is 54.6 Å². The first-order valence-electron chi connectivity index (χ1n) is 8.34. The molecule has 3 aromatic carbocycles. The van der Waals surface area contributed by atoms with E-state index in [0.29, 0.717) is 22.8 Å². The number of nitrogens with one attached hydrogen (secondary N) is 1. The first kappa shape index (κ1) is 21.1. The summed E-state index contributed by atoms with van der Waals surface area (Å²) in [5.74, 6) is -0.675. The van der Waals surface area contributed by atoms with Gasteiger partial charge in [0, 0.05) is 22.3 Å². The van der Waals surface area contributed by atoms with Gasteiger partial charge in [0.2, 0.25) is 5.75 Å². The number of hydrogen-bond acceptors (Lipinski definition) is 4. The van der Waals surface area contributed by atoms with Gasteiger partial charge in [-0.2, -0.15) is 13.2 Å². The molecule has 0 aliphatic heterocycles. The van der Waals surface area contributed by atoms with E-state index in [1.807, 2.05) is 0 Å². The topological polar surface area (TPSA) is 81.5 Å². The Labute approximate surface area is 173 Å². The highest BCUT2D eigenvalue weighted by Gasteiger charge is 2.33. The molecule has 154 valence electrons. The number of anilines is 1. The van der Waals surface area contributed by atoms with Crippen molar-refractivity contribution in [3.8, 4) is 11.5 Å². The van der Waals surface area contributed by atoms with Gasteiger partial charge in [-0.1, -0.05) is 17.7 Å². The summed E-state index contributed by atoms with van der Waals surface area (Å²) in [6.07, 6.45) is -4.72. The van der Waals surface area contributed by atoms with E-state index in [0.717, 1.165) is 6.07 Å². The molecule has 3 rings (SSSR count). The molecule has 6 nitrogen and oxygen atoms in total. The number of hydrogen-bond donors (Lipinski definition) is 1. The Kier molecular flexibility index (Phi) is 5.93. The van der Waals surface area contributed by atoms with Crippen LogP contribution in [0.25, 0.3) is 0 Å². The van der Waals surface area contributed by atoms with Crippen LogP contribution in [0.4, 0.5) is 24.5 Å². The second-order valence-electron chi connectivity index (χ2n) is 6.03. The number of amides is 1. The Bertz CT molecular complexity index is 1100. The van der Waals surface area contributed by atoms with Gasteiger partial charge >= 0.3 is 11.9 Å². The zero-order valence-electron chi connectivity index (χ0n) is 14.9. The molecule has 0 unspecified atom stereocenters. The van der Waals surface area contributed by atoms with Crippen molar-refractivity contribution in [3.05, 3.63) is 93.0 Å². The number of rotatable bonds is 5. The largest absolute Gasteiger partial charge is 0.450 e. The molecule has 0 saturated heterocycles. The first-order valence-corrected chi connectivity index (χ1v) is 8.72. The molecule has 0 aliphatic rings. The normalized spacial score (nSPS) is 11.1. The SMILES string of the molecule is O=C(Nc1cccc(Cl)c1)c1ccc(Oc2ccc(C(F)(F)F)cc2[N+](=O)[O-])cc1. The number of carbonyl (C=O) groups is 1. The minimum absolute atomic E-state index is 0.108. The minimum atomic E-state index is -4.72. The van der Waals surface area contributed by atoms with Gasteiger partial charge in [0.15, 0.2) is 0 Å². The van der Waals surface area contributed by atoms with Crippen molar-refractivity contribution in [2.75, 3.05) is 5.32 Å². The molecular formula is C20H12ClF3N2O4. The third kappa shape index (κ3) is 5.06. The van der Waals surface area contributed by atoms with Crippen molar-refractivity contribution in [2.45, 2.75) is 6.18 Å². The quantitative estimate of drug-likeness (QED) is 0.375. The van der Waals surface area contributed by atoms with Crippen LogP contribution in [-0.2, 0) is 6.18 Å². The fourth-order valence-electron chi connectivity index (χ4n) is 2.49.